The van der Waals surface area contributed by atoms with Crippen LogP contribution in [0.4, 0.5) is 5.69 Å². The first-order valence-electron chi connectivity index (χ1n) is 10.1. The maximum absolute atomic E-state index is 13.2. The molecule has 160 valence electrons. The van der Waals surface area contributed by atoms with Gasteiger partial charge in [-0.25, -0.2) is 0 Å². The van der Waals surface area contributed by atoms with Crippen LogP contribution in [0.25, 0.3) is 10.8 Å². The zero-order chi connectivity index (χ0) is 21.8. The minimum absolute atomic E-state index is 0.147. The fraction of sp³-hybridized carbons (Fsp3) is 0.240. The standard InChI is InChI=1S/C25H24BrNO4/c1-3-14-29-22-13-12-21(19-6-4-5-7-20(19)22)27-24(28)25(2)15-30-23(31-16-25)17-8-10-18(26)11-9-17/h3-13,23H,1,14-16H2,2H3,(H,27,28). The summed E-state index contributed by atoms with van der Waals surface area (Å²) in [4.78, 5) is 13.2. The Morgan fingerprint density at radius 2 is 1.81 bits per heavy atom. The number of fused-ring (bicyclic) bond motifs is 1. The summed E-state index contributed by atoms with van der Waals surface area (Å²) >= 11 is 3.43. The third-order valence-corrected chi connectivity index (χ3v) is 5.81. The molecule has 0 aromatic heterocycles. The normalized spacial score (nSPS) is 20.9. The Labute approximate surface area is 190 Å². The topological polar surface area (TPSA) is 56.8 Å². The molecule has 6 heteroatoms. The second-order valence-corrected chi connectivity index (χ2v) is 8.69. The van der Waals surface area contributed by atoms with Crippen molar-refractivity contribution in [1.29, 1.82) is 0 Å². The quantitative estimate of drug-likeness (QED) is 0.448. The Morgan fingerprint density at radius 3 is 2.48 bits per heavy atom. The summed E-state index contributed by atoms with van der Waals surface area (Å²) in [5.74, 6) is 0.605. The second kappa shape index (κ2) is 9.22. The van der Waals surface area contributed by atoms with E-state index in [4.69, 9.17) is 14.2 Å². The van der Waals surface area contributed by atoms with Gasteiger partial charge in [0, 0.05) is 26.5 Å². The molecule has 0 radical (unpaired) electrons. The lowest BCUT2D eigenvalue weighted by Gasteiger charge is -2.36. The highest BCUT2D eigenvalue weighted by atomic mass is 79.9. The fourth-order valence-electron chi connectivity index (χ4n) is 3.48. The molecule has 5 nitrogen and oxygen atoms in total. The third kappa shape index (κ3) is 4.66. The van der Waals surface area contributed by atoms with Crippen molar-refractivity contribution in [2.75, 3.05) is 25.1 Å². The average Bonchev–Trinajstić information content (AvgIpc) is 2.79. The molecule has 0 aliphatic carbocycles. The summed E-state index contributed by atoms with van der Waals surface area (Å²) in [5.41, 5.74) is 0.847. The molecule has 1 aliphatic rings. The highest BCUT2D eigenvalue weighted by Crippen LogP contribution is 2.35. The lowest BCUT2D eigenvalue weighted by molar-refractivity contribution is -0.226. The van der Waals surface area contributed by atoms with Gasteiger partial charge in [0.25, 0.3) is 0 Å². The van der Waals surface area contributed by atoms with Gasteiger partial charge < -0.3 is 19.5 Å². The van der Waals surface area contributed by atoms with Gasteiger partial charge in [0.2, 0.25) is 5.91 Å². The van der Waals surface area contributed by atoms with Crippen molar-refractivity contribution >= 4 is 38.3 Å². The Morgan fingerprint density at radius 1 is 1.13 bits per heavy atom. The van der Waals surface area contributed by atoms with Crippen LogP contribution in [0.1, 0.15) is 18.8 Å². The molecule has 1 N–H and O–H groups in total. The number of hydrogen-bond acceptors (Lipinski definition) is 4. The van der Waals surface area contributed by atoms with Crippen molar-refractivity contribution in [2.45, 2.75) is 13.2 Å². The molecular weight excluding hydrogens is 458 g/mol. The Bertz CT molecular complexity index is 1090. The first-order chi connectivity index (χ1) is 15.0. The summed E-state index contributed by atoms with van der Waals surface area (Å²) in [6.45, 7) is 6.49. The zero-order valence-electron chi connectivity index (χ0n) is 17.3. The number of nitrogens with one attached hydrogen (secondary N) is 1. The number of amides is 1. The molecule has 0 unspecified atom stereocenters. The van der Waals surface area contributed by atoms with Crippen LogP contribution in [0, 0.1) is 5.41 Å². The van der Waals surface area contributed by atoms with Crippen LogP contribution < -0.4 is 10.1 Å². The van der Waals surface area contributed by atoms with Crippen LogP contribution in [-0.2, 0) is 14.3 Å². The van der Waals surface area contributed by atoms with E-state index in [0.29, 0.717) is 6.61 Å². The summed E-state index contributed by atoms with van der Waals surface area (Å²) in [6, 6.07) is 19.3. The summed E-state index contributed by atoms with van der Waals surface area (Å²) < 4.78 is 18.5. The van der Waals surface area contributed by atoms with Crippen molar-refractivity contribution in [3.05, 3.63) is 83.4 Å². The Hall–Kier alpha value is -2.67. The molecule has 1 aliphatic heterocycles. The maximum Gasteiger partial charge on any atom is 0.235 e. The van der Waals surface area contributed by atoms with Crippen molar-refractivity contribution < 1.29 is 19.0 Å². The van der Waals surface area contributed by atoms with Crippen LogP contribution in [-0.4, -0.2) is 25.7 Å². The molecule has 1 fully saturated rings. The SMILES string of the molecule is C=CCOc1ccc(NC(=O)C2(C)COC(c3ccc(Br)cc3)OC2)c2ccccc12. The largest absolute Gasteiger partial charge is 0.489 e. The molecule has 0 atom stereocenters. The van der Waals surface area contributed by atoms with Crippen LogP contribution in [0.2, 0.25) is 0 Å². The number of ether oxygens (including phenoxy) is 3. The van der Waals surface area contributed by atoms with E-state index in [-0.39, 0.29) is 19.1 Å². The zero-order valence-corrected chi connectivity index (χ0v) is 18.9. The maximum atomic E-state index is 13.2. The van der Waals surface area contributed by atoms with Crippen LogP contribution >= 0.6 is 15.9 Å². The highest BCUT2D eigenvalue weighted by molar-refractivity contribution is 9.10. The van der Waals surface area contributed by atoms with E-state index in [1.165, 1.54) is 0 Å². The molecule has 3 aromatic rings. The molecule has 0 spiro atoms. The van der Waals surface area contributed by atoms with E-state index in [0.717, 1.165) is 32.2 Å². The van der Waals surface area contributed by atoms with Gasteiger partial charge in [0.1, 0.15) is 12.4 Å². The van der Waals surface area contributed by atoms with Gasteiger partial charge in [-0.1, -0.05) is 65.0 Å². The number of rotatable bonds is 6. The van der Waals surface area contributed by atoms with Crippen LogP contribution in [0.3, 0.4) is 0 Å². The molecular formula is C25H24BrNO4. The van der Waals surface area contributed by atoms with E-state index in [9.17, 15) is 4.79 Å². The van der Waals surface area contributed by atoms with Gasteiger partial charge in [-0.2, -0.15) is 0 Å². The smallest absolute Gasteiger partial charge is 0.235 e. The highest BCUT2D eigenvalue weighted by Gasteiger charge is 2.40. The van der Waals surface area contributed by atoms with Gasteiger partial charge in [-0.15, -0.1) is 0 Å². The van der Waals surface area contributed by atoms with Gasteiger partial charge in [0.15, 0.2) is 6.29 Å². The minimum atomic E-state index is -0.801. The lowest BCUT2D eigenvalue weighted by Crippen LogP contribution is -2.45. The van der Waals surface area contributed by atoms with Crippen LogP contribution in [0.15, 0.2) is 77.8 Å². The number of anilines is 1. The predicted molar refractivity (Wildman–Crippen MR) is 125 cm³/mol. The molecule has 4 rings (SSSR count). The van der Waals surface area contributed by atoms with E-state index in [1.54, 1.807) is 6.08 Å². The monoisotopic (exact) mass is 481 g/mol. The number of hydrogen-bond donors (Lipinski definition) is 1. The number of carbonyl (C=O) groups is 1. The van der Waals surface area contributed by atoms with Crippen molar-refractivity contribution in [3.63, 3.8) is 0 Å². The number of halogens is 1. The molecule has 1 heterocycles. The summed E-state index contributed by atoms with van der Waals surface area (Å²) in [6.07, 6.45) is 1.23. The summed E-state index contributed by atoms with van der Waals surface area (Å²) in [7, 11) is 0. The molecule has 0 bridgehead atoms. The first kappa shape index (κ1) is 21.6. The molecule has 1 saturated heterocycles. The van der Waals surface area contributed by atoms with Gasteiger partial charge in [0.05, 0.1) is 18.6 Å². The lowest BCUT2D eigenvalue weighted by atomic mass is 9.90. The van der Waals surface area contributed by atoms with E-state index >= 15 is 0 Å². The fourth-order valence-corrected chi connectivity index (χ4v) is 3.74. The van der Waals surface area contributed by atoms with Gasteiger partial charge in [-0.3, -0.25) is 4.79 Å². The van der Waals surface area contributed by atoms with Crippen LogP contribution in [0.5, 0.6) is 5.75 Å². The summed E-state index contributed by atoms with van der Waals surface area (Å²) in [5, 5.41) is 4.90. The molecule has 3 aromatic carbocycles. The van der Waals surface area contributed by atoms with E-state index in [1.807, 2.05) is 67.6 Å². The third-order valence-electron chi connectivity index (χ3n) is 5.29. The number of benzene rings is 3. The van der Waals surface area contributed by atoms with Gasteiger partial charge >= 0.3 is 0 Å². The van der Waals surface area contributed by atoms with Crippen molar-refractivity contribution in [3.8, 4) is 5.75 Å². The molecule has 1 amide bonds. The molecule has 31 heavy (non-hydrogen) atoms. The Kier molecular flexibility index (Phi) is 6.41. The Balaban J connectivity index is 1.49. The van der Waals surface area contributed by atoms with Gasteiger partial charge in [-0.05, 0) is 31.2 Å². The predicted octanol–water partition coefficient (Wildman–Crippen LogP) is 5.86. The molecule has 0 saturated carbocycles. The first-order valence-corrected chi connectivity index (χ1v) is 10.8. The average molecular weight is 482 g/mol. The second-order valence-electron chi connectivity index (χ2n) is 7.78. The van der Waals surface area contributed by atoms with Crippen molar-refractivity contribution in [1.82, 2.24) is 0 Å². The van der Waals surface area contributed by atoms with Crippen molar-refractivity contribution in [2.24, 2.45) is 5.41 Å². The van der Waals surface area contributed by atoms with E-state index < -0.39 is 11.7 Å². The van der Waals surface area contributed by atoms with E-state index in [2.05, 4.69) is 27.8 Å². The number of carbonyl (C=O) groups excluding carboxylic acids is 1. The minimum Gasteiger partial charge on any atom is -0.489 e.